The van der Waals surface area contributed by atoms with Crippen molar-refractivity contribution >= 4 is 43.4 Å². The zero-order valence-electron chi connectivity index (χ0n) is 15.0. The SMILES string of the molecule is CC1(C)CC(=O)C(Cc2ccc(Br)cc2)(Cc2ccc(Br)cc2)C(=O)C1. The highest BCUT2D eigenvalue weighted by Gasteiger charge is 2.51. The first kappa shape index (κ1) is 19.5. The fraction of sp³-hybridized carbons (Fsp3) is 0.364. The van der Waals surface area contributed by atoms with Gasteiger partial charge < -0.3 is 0 Å². The Morgan fingerprint density at radius 3 is 1.42 bits per heavy atom. The molecule has 3 rings (SSSR count). The molecule has 0 aromatic heterocycles. The van der Waals surface area contributed by atoms with Crippen LogP contribution in [0, 0.1) is 10.8 Å². The lowest BCUT2D eigenvalue weighted by Crippen LogP contribution is -2.50. The van der Waals surface area contributed by atoms with Crippen molar-refractivity contribution in [2.45, 2.75) is 39.5 Å². The molecule has 26 heavy (non-hydrogen) atoms. The number of rotatable bonds is 4. The molecule has 0 spiro atoms. The van der Waals surface area contributed by atoms with Crippen molar-refractivity contribution < 1.29 is 9.59 Å². The van der Waals surface area contributed by atoms with Gasteiger partial charge in [-0.15, -0.1) is 0 Å². The van der Waals surface area contributed by atoms with E-state index in [1.165, 1.54) is 0 Å². The van der Waals surface area contributed by atoms with Gasteiger partial charge in [0, 0.05) is 21.8 Å². The molecule has 0 heterocycles. The number of carbonyl (C=O) groups is 2. The minimum Gasteiger partial charge on any atom is -0.299 e. The number of ketones is 2. The van der Waals surface area contributed by atoms with Crippen LogP contribution in [0.2, 0.25) is 0 Å². The first-order valence-corrected chi connectivity index (χ1v) is 10.3. The number of Topliss-reactive ketones (excluding diaryl/α,β-unsaturated/α-hetero) is 2. The van der Waals surface area contributed by atoms with Gasteiger partial charge in [0.05, 0.1) is 5.41 Å². The topological polar surface area (TPSA) is 34.1 Å². The average molecular weight is 478 g/mol. The number of benzene rings is 2. The summed E-state index contributed by atoms with van der Waals surface area (Å²) in [5, 5.41) is 0. The number of carbonyl (C=O) groups excluding carboxylic acids is 2. The van der Waals surface area contributed by atoms with Crippen molar-refractivity contribution in [2.75, 3.05) is 0 Å². The van der Waals surface area contributed by atoms with E-state index in [1.807, 2.05) is 62.4 Å². The van der Waals surface area contributed by atoms with Crippen LogP contribution in [0.5, 0.6) is 0 Å². The van der Waals surface area contributed by atoms with Gasteiger partial charge in [-0.3, -0.25) is 9.59 Å². The molecule has 0 unspecified atom stereocenters. The quantitative estimate of drug-likeness (QED) is 0.510. The van der Waals surface area contributed by atoms with Gasteiger partial charge in [-0.2, -0.15) is 0 Å². The van der Waals surface area contributed by atoms with Crippen LogP contribution >= 0.6 is 31.9 Å². The van der Waals surface area contributed by atoms with Crippen LogP contribution in [0.4, 0.5) is 0 Å². The minimum absolute atomic E-state index is 0.0737. The lowest BCUT2D eigenvalue weighted by atomic mass is 9.59. The fourth-order valence-corrected chi connectivity index (χ4v) is 4.31. The lowest BCUT2D eigenvalue weighted by molar-refractivity contribution is -0.148. The molecule has 0 saturated heterocycles. The summed E-state index contributed by atoms with van der Waals surface area (Å²) in [7, 11) is 0. The third-order valence-corrected chi connectivity index (χ3v) is 6.24. The van der Waals surface area contributed by atoms with Gasteiger partial charge in [0.25, 0.3) is 0 Å². The van der Waals surface area contributed by atoms with Gasteiger partial charge in [-0.05, 0) is 53.6 Å². The van der Waals surface area contributed by atoms with Crippen LogP contribution in [0.3, 0.4) is 0 Å². The molecule has 0 atom stereocenters. The summed E-state index contributed by atoms with van der Waals surface area (Å²) >= 11 is 6.89. The van der Waals surface area contributed by atoms with Crippen molar-refractivity contribution in [1.29, 1.82) is 0 Å². The zero-order valence-corrected chi connectivity index (χ0v) is 18.2. The summed E-state index contributed by atoms with van der Waals surface area (Å²) in [4.78, 5) is 26.5. The smallest absolute Gasteiger partial charge is 0.147 e. The summed E-state index contributed by atoms with van der Waals surface area (Å²) < 4.78 is 1.98. The van der Waals surface area contributed by atoms with Crippen molar-refractivity contribution in [3.63, 3.8) is 0 Å². The Morgan fingerprint density at radius 2 is 1.08 bits per heavy atom. The average Bonchev–Trinajstić information content (AvgIpc) is 2.56. The van der Waals surface area contributed by atoms with Crippen LogP contribution in [0.25, 0.3) is 0 Å². The Kier molecular flexibility index (Phi) is 5.55. The molecule has 1 fully saturated rings. The van der Waals surface area contributed by atoms with E-state index in [4.69, 9.17) is 0 Å². The Bertz CT molecular complexity index is 751. The summed E-state index contributed by atoms with van der Waals surface area (Å²) in [6.45, 7) is 4.01. The summed E-state index contributed by atoms with van der Waals surface area (Å²) in [6, 6.07) is 15.8. The van der Waals surface area contributed by atoms with Gasteiger partial charge in [0.15, 0.2) is 0 Å². The van der Waals surface area contributed by atoms with E-state index >= 15 is 0 Å². The highest BCUT2D eigenvalue weighted by molar-refractivity contribution is 9.10. The summed E-state index contributed by atoms with van der Waals surface area (Å²) in [6.07, 6.45) is 1.83. The Labute approximate surface area is 171 Å². The number of hydrogen-bond acceptors (Lipinski definition) is 2. The van der Waals surface area contributed by atoms with Crippen molar-refractivity contribution in [1.82, 2.24) is 0 Å². The molecule has 0 radical (unpaired) electrons. The molecule has 4 heteroatoms. The summed E-state index contributed by atoms with van der Waals surface area (Å²) in [5.74, 6) is 0.147. The molecule has 2 nitrogen and oxygen atoms in total. The maximum absolute atomic E-state index is 13.2. The zero-order chi connectivity index (χ0) is 18.9. The van der Waals surface area contributed by atoms with Gasteiger partial charge in [0.2, 0.25) is 0 Å². The molecule has 0 bridgehead atoms. The molecule has 2 aromatic carbocycles. The predicted octanol–water partition coefficient (Wildman–Crippen LogP) is 5.94. The standard InChI is InChI=1S/C22H22Br2O2/c1-21(2)13-19(25)22(20(26)14-21,11-15-3-7-17(23)8-4-15)12-16-5-9-18(24)10-6-16/h3-10H,11-14H2,1-2H3. The first-order valence-electron chi connectivity index (χ1n) is 8.76. The lowest BCUT2D eigenvalue weighted by Gasteiger charge is -2.41. The van der Waals surface area contributed by atoms with E-state index in [0.717, 1.165) is 20.1 Å². The normalized spacial score (nSPS) is 18.8. The second-order valence-corrected chi connectivity index (χ2v) is 9.88. The van der Waals surface area contributed by atoms with Gasteiger partial charge >= 0.3 is 0 Å². The van der Waals surface area contributed by atoms with Crippen LogP contribution in [-0.2, 0) is 22.4 Å². The molecular formula is C22H22Br2O2. The maximum atomic E-state index is 13.2. The number of halogens is 2. The third-order valence-electron chi connectivity index (χ3n) is 5.18. The van der Waals surface area contributed by atoms with E-state index in [9.17, 15) is 9.59 Å². The van der Waals surface area contributed by atoms with E-state index < -0.39 is 5.41 Å². The summed E-state index contributed by atoms with van der Waals surface area (Å²) in [5.41, 5.74) is 0.826. The molecule has 2 aromatic rings. The Hall–Kier alpha value is -1.26. The number of hydrogen-bond donors (Lipinski definition) is 0. The van der Waals surface area contributed by atoms with Crippen molar-refractivity contribution in [2.24, 2.45) is 10.8 Å². The molecule has 0 aliphatic heterocycles. The van der Waals surface area contributed by atoms with Crippen molar-refractivity contribution in [3.8, 4) is 0 Å². The monoisotopic (exact) mass is 476 g/mol. The first-order chi connectivity index (χ1) is 12.2. The highest BCUT2D eigenvalue weighted by Crippen LogP contribution is 2.44. The molecular weight excluding hydrogens is 456 g/mol. The van der Waals surface area contributed by atoms with E-state index in [2.05, 4.69) is 31.9 Å². The molecule has 1 aliphatic carbocycles. The van der Waals surface area contributed by atoms with Gasteiger partial charge in [-0.25, -0.2) is 0 Å². The molecule has 0 amide bonds. The largest absolute Gasteiger partial charge is 0.299 e. The van der Waals surface area contributed by atoms with Crippen LogP contribution in [0.15, 0.2) is 57.5 Å². The maximum Gasteiger partial charge on any atom is 0.147 e. The van der Waals surface area contributed by atoms with Gasteiger partial charge in [0.1, 0.15) is 11.6 Å². The van der Waals surface area contributed by atoms with E-state index in [1.54, 1.807) is 0 Å². The fourth-order valence-electron chi connectivity index (χ4n) is 3.78. The van der Waals surface area contributed by atoms with E-state index in [-0.39, 0.29) is 17.0 Å². The highest BCUT2D eigenvalue weighted by atomic mass is 79.9. The van der Waals surface area contributed by atoms with Crippen LogP contribution in [-0.4, -0.2) is 11.6 Å². The molecule has 0 N–H and O–H groups in total. The van der Waals surface area contributed by atoms with Gasteiger partial charge in [-0.1, -0.05) is 70.0 Å². The molecule has 1 aliphatic rings. The minimum atomic E-state index is -0.961. The Balaban J connectivity index is 2.00. The molecule has 1 saturated carbocycles. The van der Waals surface area contributed by atoms with Crippen molar-refractivity contribution in [3.05, 3.63) is 68.6 Å². The Morgan fingerprint density at radius 1 is 0.731 bits per heavy atom. The third kappa shape index (κ3) is 4.17. The van der Waals surface area contributed by atoms with E-state index in [0.29, 0.717) is 25.7 Å². The van der Waals surface area contributed by atoms with Crippen LogP contribution in [0.1, 0.15) is 37.8 Å². The predicted molar refractivity (Wildman–Crippen MR) is 111 cm³/mol. The van der Waals surface area contributed by atoms with Crippen LogP contribution < -0.4 is 0 Å². The molecule has 136 valence electrons. The second kappa shape index (κ2) is 7.40. The second-order valence-electron chi connectivity index (χ2n) is 8.05.